The van der Waals surface area contributed by atoms with E-state index in [0.29, 0.717) is 12.3 Å². The Hall–Kier alpha value is -2.36. The van der Waals surface area contributed by atoms with Gasteiger partial charge in [-0.3, -0.25) is 4.79 Å². The van der Waals surface area contributed by atoms with Crippen LogP contribution < -0.4 is 10.6 Å². The van der Waals surface area contributed by atoms with Crippen LogP contribution in [0.4, 0.5) is 11.5 Å². The van der Waals surface area contributed by atoms with E-state index in [2.05, 4.69) is 40.7 Å². The second-order valence-corrected chi connectivity index (χ2v) is 5.92. The van der Waals surface area contributed by atoms with Gasteiger partial charge in [0, 0.05) is 13.0 Å². The molecule has 1 amide bonds. The molecule has 0 bridgehead atoms. The van der Waals surface area contributed by atoms with Crippen LogP contribution >= 0.6 is 0 Å². The van der Waals surface area contributed by atoms with Crippen molar-refractivity contribution in [2.75, 3.05) is 10.6 Å². The summed E-state index contributed by atoms with van der Waals surface area (Å²) in [6.07, 6.45) is 2.20. The van der Waals surface area contributed by atoms with Gasteiger partial charge in [-0.25, -0.2) is 4.98 Å². The largest absolute Gasteiger partial charge is 0.366 e. The third-order valence-electron chi connectivity index (χ3n) is 3.20. The van der Waals surface area contributed by atoms with Crippen molar-refractivity contribution in [1.82, 2.24) is 4.98 Å². The number of anilines is 2. The predicted molar refractivity (Wildman–Crippen MR) is 90.8 cm³/mol. The van der Waals surface area contributed by atoms with Gasteiger partial charge in [-0.15, -0.1) is 0 Å². The van der Waals surface area contributed by atoms with E-state index in [4.69, 9.17) is 0 Å². The molecule has 0 aliphatic carbocycles. The molecule has 2 aromatic rings. The number of benzene rings is 1. The van der Waals surface area contributed by atoms with Gasteiger partial charge in [-0.2, -0.15) is 0 Å². The van der Waals surface area contributed by atoms with E-state index in [1.165, 1.54) is 11.1 Å². The van der Waals surface area contributed by atoms with E-state index in [1.807, 2.05) is 32.0 Å². The lowest BCUT2D eigenvalue weighted by atomic mass is 10.1. The second-order valence-electron chi connectivity index (χ2n) is 5.92. The molecule has 1 heterocycles. The summed E-state index contributed by atoms with van der Waals surface area (Å²) in [7, 11) is 0. The van der Waals surface area contributed by atoms with Gasteiger partial charge in [0.2, 0.25) is 5.91 Å². The first-order valence-electron chi connectivity index (χ1n) is 7.58. The summed E-state index contributed by atoms with van der Waals surface area (Å²) in [5.74, 6) is 1.17. The molecule has 1 aromatic heterocycles. The molecule has 22 heavy (non-hydrogen) atoms. The zero-order valence-corrected chi connectivity index (χ0v) is 13.4. The number of amides is 1. The zero-order chi connectivity index (χ0) is 15.9. The van der Waals surface area contributed by atoms with Gasteiger partial charge >= 0.3 is 0 Å². The van der Waals surface area contributed by atoms with Crippen LogP contribution in [0.1, 0.15) is 31.4 Å². The highest BCUT2D eigenvalue weighted by molar-refractivity contribution is 5.90. The molecule has 0 unspecified atom stereocenters. The molecule has 116 valence electrons. The smallest absolute Gasteiger partial charge is 0.224 e. The van der Waals surface area contributed by atoms with Gasteiger partial charge in [0.25, 0.3) is 0 Å². The minimum atomic E-state index is 0.0252. The first-order valence-corrected chi connectivity index (χ1v) is 7.58. The Morgan fingerprint density at radius 3 is 2.68 bits per heavy atom. The van der Waals surface area contributed by atoms with Crippen molar-refractivity contribution < 1.29 is 4.79 Å². The summed E-state index contributed by atoms with van der Waals surface area (Å²) < 4.78 is 0. The second kappa shape index (κ2) is 7.59. The molecular weight excluding hydrogens is 274 g/mol. The Bertz CT molecular complexity index is 620. The topological polar surface area (TPSA) is 54.0 Å². The van der Waals surface area contributed by atoms with Gasteiger partial charge < -0.3 is 10.6 Å². The van der Waals surface area contributed by atoms with Crippen molar-refractivity contribution in [2.45, 2.75) is 33.7 Å². The Labute approximate surface area is 132 Å². The highest BCUT2D eigenvalue weighted by Crippen LogP contribution is 2.12. The van der Waals surface area contributed by atoms with Gasteiger partial charge in [0.1, 0.15) is 5.82 Å². The minimum Gasteiger partial charge on any atom is -0.366 e. The Balaban J connectivity index is 1.88. The number of carbonyl (C=O) groups excluding carboxylic acids is 1. The summed E-state index contributed by atoms with van der Waals surface area (Å²) in [5.41, 5.74) is 3.19. The number of aromatic nitrogens is 1. The maximum absolute atomic E-state index is 11.7. The summed E-state index contributed by atoms with van der Waals surface area (Å²) >= 11 is 0. The molecule has 0 fully saturated rings. The van der Waals surface area contributed by atoms with E-state index in [-0.39, 0.29) is 5.91 Å². The number of hydrogen-bond donors (Lipinski definition) is 2. The van der Waals surface area contributed by atoms with Crippen molar-refractivity contribution in [1.29, 1.82) is 0 Å². The molecule has 0 spiro atoms. The summed E-state index contributed by atoms with van der Waals surface area (Å²) in [4.78, 5) is 16.0. The van der Waals surface area contributed by atoms with Crippen molar-refractivity contribution >= 4 is 17.4 Å². The Morgan fingerprint density at radius 2 is 2.05 bits per heavy atom. The zero-order valence-electron chi connectivity index (χ0n) is 13.4. The van der Waals surface area contributed by atoms with E-state index in [9.17, 15) is 4.79 Å². The fraction of sp³-hybridized carbons (Fsp3) is 0.333. The molecule has 0 aliphatic rings. The van der Waals surface area contributed by atoms with Crippen LogP contribution in [0.2, 0.25) is 0 Å². The van der Waals surface area contributed by atoms with Gasteiger partial charge in [0.15, 0.2) is 0 Å². The van der Waals surface area contributed by atoms with Crippen LogP contribution in [0, 0.1) is 12.8 Å². The van der Waals surface area contributed by atoms with Gasteiger partial charge in [0.05, 0.1) is 11.9 Å². The van der Waals surface area contributed by atoms with Crippen LogP contribution in [-0.4, -0.2) is 10.9 Å². The highest BCUT2D eigenvalue weighted by Gasteiger charge is 2.05. The molecule has 1 aromatic carbocycles. The Kier molecular flexibility index (Phi) is 5.53. The van der Waals surface area contributed by atoms with Crippen LogP contribution in [-0.2, 0) is 11.3 Å². The molecule has 2 rings (SSSR count). The average molecular weight is 297 g/mol. The number of pyridine rings is 1. The van der Waals surface area contributed by atoms with Crippen LogP contribution in [0.25, 0.3) is 0 Å². The molecule has 0 atom stereocenters. The molecule has 0 radical (unpaired) electrons. The lowest BCUT2D eigenvalue weighted by molar-refractivity contribution is -0.116. The summed E-state index contributed by atoms with van der Waals surface area (Å²) in [6.45, 7) is 6.86. The molecule has 0 saturated heterocycles. The predicted octanol–water partition coefficient (Wildman–Crippen LogP) is 3.99. The van der Waals surface area contributed by atoms with Crippen molar-refractivity contribution in [3.63, 3.8) is 0 Å². The summed E-state index contributed by atoms with van der Waals surface area (Å²) in [6, 6.07) is 12.1. The number of aryl methyl sites for hydroxylation is 1. The molecule has 0 aliphatic heterocycles. The van der Waals surface area contributed by atoms with E-state index in [1.54, 1.807) is 6.20 Å². The maximum Gasteiger partial charge on any atom is 0.224 e. The lowest BCUT2D eigenvalue weighted by Gasteiger charge is -2.09. The first kappa shape index (κ1) is 16.0. The third kappa shape index (κ3) is 5.20. The number of carbonyl (C=O) groups is 1. The van der Waals surface area contributed by atoms with Gasteiger partial charge in [-0.05, 0) is 30.5 Å². The Morgan fingerprint density at radius 1 is 1.23 bits per heavy atom. The van der Waals surface area contributed by atoms with Crippen molar-refractivity contribution in [3.05, 3.63) is 53.7 Å². The lowest BCUT2D eigenvalue weighted by Crippen LogP contribution is -2.14. The maximum atomic E-state index is 11.7. The molecular formula is C18H23N3O. The molecule has 4 nitrogen and oxygen atoms in total. The van der Waals surface area contributed by atoms with Crippen molar-refractivity contribution in [3.8, 4) is 0 Å². The third-order valence-corrected chi connectivity index (χ3v) is 3.20. The van der Waals surface area contributed by atoms with Crippen LogP contribution in [0.3, 0.4) is 0 Å². The quantitative estimate of drug-likeness (QED) is 0.847. The van der Waals surface area contributed by atoms with E-state index >= 15 is 0 Å². The molecule has 4 heteroatoms. The monoisotopic (exact) mass is 297 g/mol. The number of nitrogens with zero attached hydrogens (tertiary/aromatic N) is 1. The molecule has 2 N–H and O–H groups in total. The number of rotatable bonds is 6. The van der Waals surface area contributed by atoms with Crippen LogP contribution in [0.15, 0.2) is 42.6 Å². The van der Waals surface area contributed by atoms with E-state index in [0.717, 1.165) is 18.1 Å². The standard InChI is InChI=1S/C18H23N3O/c1-13(2)9-18(22)21-16-7-8-17(20-12-16)19-11-15-6-4-5-14(3)10-15/h4-8,10,12-13H,9,11H2,1-3H3,(H,19,20)(H,21,22). The average Bonchev–Trinajstić information content (AvgIpc) is 2.46. The number of hydrogen-bond acceptors (Lipinski definition) is 3. The fourth-order valence-electron chi connectivity index (χ4n) is 2.17. The SMILES string of the molecule is Cc1cccc(CNc2ccc(NC(=O)CC(C)C)cn2)c1. The van der Waals surface area contributed by atoms with Crippen LogP contribution in [0.5, 0.6) is 0 Å². The molecule has 0 saturated carbocycles. The van der Waals surface area contributed by atoms with Gasteiger partial charge in [-0.1, -0.05) is 43.7 Å². The summed E-state index contributed by atoms with van der Waals surface area (Å²) in [5, 5.41) is 6.13. The minimum absolute atomic E-state index is 0.0252. The van der Waals surface area contributed by atoms with Crippen molar-refractivity contribution in [2.24, 2.45) is 5.92 Å². The van der Waals surface area contributed by atoms with E-state index < -0.39 is 0 Å². The highest BCUT2D eigenvalue weighted by atomic mass is 16.1. The number of nitrogens with one attached hydrogen (secondary N) is 2. The fourth-order valence-corrected chi connectivity index (χ4v) is 2.17. The normalized spacial score (nSPS) is 10.5. The first-order chi connectivity index (χ1) is 10.5.